The maximum atomic E-state index is 13.0. The van der Waals surface area contributed by atoms with Gasteiger partial charge in [-0.15, -0.1) is 0 Å². The van der Waals surface area contributed by atoms with Crippen LogP contribution < -0.4 is 5.32 Å². The van der Waals surface area contributed by atoms with Gasteiger partial charge in [-0.1, -0.05) is 6.07 Å². The summed E-state index contributed by atoms with van der Waals surface area (Å²) in [5.74, 6) is 0.688. The van der Waals surface area contributed by atoms with Crippen molar-refractivity contribution in [2.75, 3.05) is 32.7 Å². The number of piperazine rings is 1. The first-order valence-corrected chi connectivity index (χ1v) is 11.5. The Balaban J connectivity index is 1.32. The largest absolute Gasteiger partial charge is 0.352 e. The number of fused-ring (bicyclic) bond motifs is 1. The molecule has 27 heavy (non-hydrogen) atoms. The highest BCUT2D eigenvalue weighted by Gasteiger charge is 2.31. The summed E-state index contributed by atoms with van der Waals surface area (Å²) in [6.45, 7) is 4.47. The maximum Gasteiger partial charge on any atom is 0.243 e. The zero-order valence-electron chi connectivity index (χ0n) is 16.0. The summed E-state index contributed by atoms with van der Waals surface area (Å²) >= 11 is 0. The first-order chi connectivity index (χ1) is 12.9. The lowest BCUT2D eigenvalue weighted by atomic mass is 10.1. The Morgan fingerprint density at radius 1 is 1.15 bits per heavy atom. The number of carbonyl (C=O) groups excluding carboxylic acids is 1. The molecule has 0 radical (unpaired) electrons. The standard InChI is InChI=1S/C20H29N3O3S/c1-15(16-5-6-16)21-20(24)14-22-9-11-23(12-10-22)27(25,26)19-8-7-17-3-2-4-18(17)13-19/h7-8,13,15-16H,2-6,9-12,14H2,1H3,(H,21,24)/t15-/m1/s1. The Labute approximate surface area is 162 Å². The van der Waals surface area contributed by atoms with Crippen LogP contribution in [0.1, 0.15) is 37.3 Å². The second-order valence-corrected chi connectivity index (χ2v) is 10.1. The molecular formula is C20H29N3O3S. The van der Waals surface area contributed by atoms with Gasteiger partial charge in [-0.2, -0.15) is 4.31 Å². The van der Waals surface area contributed by atoms with Crippen molar-refractivity contribution >= 4 is 15.9 Å². The summed E-state index contributed by atoms with van der Waals surface area (Å²) in [7, 11) is -3.45. The Morgan fingerprint density at radius 3 is 2.56 bits per heavy atom. The average molecular weight is 392 g/mol. The molecule has 7 heteroatoms. The molecule has 1 aliphatic heterocycles. The molecule has 1 saturated heterocycles. The highest BCUT2D eigenvalue weighted by molar-refractivity contribution is 7.89. The number of sulfonamides is 1. The van der Waals surface area contributed by atoms with E-state index in [-0.39, 0.29) is 11.9 Å². The second-order valence-electron chi connectivity index (χ2n) is 8.16. The van der Waals surface area contributed by atoms with Crippen molar-refractivity contribution < 1.29 is 13.2 Å². The molecule has 0 bridgehead atoms. The minimum absolute atomic E-state index is 0.0457. The summed E-state index contributed by atoms with van der Waals surface area (Å²) < 4.78 is 27.5. The average Bonchev–Trinajstić information content (AvgIpc) is 3.39. The molecule has 6 nitrogen and oxygen atoms in total. The monoisotopic (exact) mass is 391 g/mol. The third-order valence-electron chi connectivity index (χ3n) is 6.12. The van der Waals surface area contributed by atoms with E-state index in [9.17, 15) is 13.2 Å². The van der Waals surface area contributed by atoms with Crippen LogP contribution in [0.15, 0.2) is 23.1 Å². The van der Waals surface area contributed by atoms with E-state index in [4.69, 9.17) is 0 Å². The lowest BCUT2D eigenvalue weighted by Crippen LogP contribution is -2.51. The van der Waals surface area contributed by atoms with Gasteiger partial charge >= 0.3 is 0 Å². The van der Waals surface area contributed by atoms with Crippen molar-refractivity contribution in [3.63, 3.8) is 0 Å². The van der Waals surface area contributed by atoms with Crippen LogP contribution in [0.25, 0.3) is 0 Å². The predicted molar refractivity (Wildman–Crippen MR) is 104 cm³/mol. The van der Waals surface area contributed by atoms with Crippen LogP contribution in [0.2, 0.25) is 0 Å². The number of nitrogens with zero attached hydrogens (tertiary/aromatic N) is 2. The predicted octanol–water partition coefficient (Wildman–Crippen LogP) is 1.40. The van der Waals surface area contributed by atoms with Crippen molar-refractivity contribution in [3.8, 4) is 0 Å². The topological polar surface area (TPSA) is 69.7 Å². The van der Waals surface area contributed by atoms with Crippen LogP contribution in [-0.2, 0) is 27.7 Å². The fraction of sp³-hybridized carbons (Fsp3) is 0.650. The normalized spacial score (nSPS) is 22.4. The number of hydrogen-bond acceptors (Lipinski definition) is 4. The van der Waals surface area contributed by atoms with Gasteiger partial charge in [0.15, 0.2) is 0 Å². The molecule has 1 aromatic carbocycles. The van der Waals surface area contributed by atoms with E-state index in [2.05, 4.69) is 12.2 Å². The third-order valence-corrected chi connectivity index (χ3v) is 8.02. The Morgan fingerprint density at radius 2 is 1.85 bits per heavy atom. The number of amides is 1. The minimum atomic E-state index is -3.45. The van der Waals surface area contributed by atoms with E-state index in [1.807, 2.05) is 17.0 Å². The van der Waals surface area contributed by atoms with Crippen molar-refractivity contribution in [2.45, 2.75) is 50.0 Å². The molecule has 3 aliphatic rings. The summed E-state index contributed by atoms with van der Waals surface area (Å²) in [6.07, 6.45) is 5.55. The summed E-state index contributed by atoms with van der Waals surface area (Å²) in [5.41, 5.74) is 2.46. The molecule has 1 saturated carbocycles. The van der Waals surface area contributed by atoms with Crippen molar-refractivity contribution in [2.24, 2.45) is 5.92 Å². The number of rotatable bonds is 6. The molecule has 0 unspecified atom stereocenters. The molecule has 0 spiro atoms. The smallest absolute Gasteiger partial charge is 0.243 e. The summed E-state index contributed by atoms with van der Waals surface area (Å²) in [4.78, 5) is 14.6. The maximum absolute atomic E-state index is 13.0. The highest BCUT2D eigenvalue weighted by Crippen LogP contribution is 2.32. The van der Waals surface area contributed by atoms with Crippen LogP contribution in [0.3, 0.4) is 0 Å². The molecule has 4 rings (SSSR count). The van der Waals surface area contributed by atoms with Crippen molar-refractivity contribution in [1.29, 1.82) is 0 Å². The molecule has 2 aliphatic carbocycles. The highest BCUT2D eigenvalue weighted by atomic mass is 32.2. The van der Waals surface area contributed by atoms with Gasteiger partial charge in [-0.25, -0.2) is 8.42 Å². The summed E-state index contributed by atoms with van der Waals surface area (Å²) in [6, 6.07) is 5.82. The fourth-order valence-corrected chi connectivity index (χ4v) is 5.68. The van der Waals surface area contributed by atoms with Crippen LogP contribution in [0, 0.1) is 5.92 Å². The lowest BCUT2D eigenvalue weighted by Gasteiger charge is -2.33. The Kier molecular flexibility index (Phi) is 5.27. The van der Waals surface area contributed by atoms with Gasteiger partial charge in [-0.05, 0) is 68.2 Å². The Bertz CT molecular complexity index is 812. The molecule has 2 fully saturated rings. The minimum Gasteiger partial charge on any atom is -0.352 e. The van der Waals surface area contributed by atoms with Gasteiger partial charge in [0, 0.05) is 32.2 Å². The van der Waals surface area contributed by atoms with E-state index in [0.29, 0.717) is 43.5 Å². The lowest BCUT2D eigenvalue weighted by molar-refractivity contribution is -0.123. The molecule has 1 aromatic rings. The molecule has 1 amide bonds. The first kappa shape index (κ1) is 18.9. The second kappa shape index (κ2) is 7.53. The van der Waals surface area contributed by atoms with Gasteiger partial charge in [0.2, 0.25) is 15.9 Å². The zero-order valence-corrected chi connectivity index (χ0v) is 16.8. The van der Waals surface area contributed by atoms with Crippen molar-refractivity contribution in [1.82, 2.24) is 14.5 Å². The molecule has 0 aromatic heterocycles. The van der Waals surface area contributed by atoms with E-state index >= 15 is 0 Å². The molecule has 1 atom stereocenters. The zero-order chi connectivity index (χ0) is 19.0. The van der Waals surface area contributed by atoms with Gasteiger partial charge in [0.1, 0.15) is 0 Å². The number of carbonyl (C=O) groups is 1. The summed E-state index contributed by atoms with van der Waals surface area (Å²) in [5, 5.41) is 3.07. The molecule has 1 N–H and O–H groups in total. The Hall–Kier alpha value is -1.44. The van der Waals surface area contributed by atoms with E-state index < -0.39 is 10.0 Å². The third kappa shape index (κ3) is 4.20. The number of aryl methyl sites for hydroxylation is 2. The first-order valence-electron chi connectivity index (χ1n) is 10.1. The van der Waals surface area contributed by atoms with Crippen molar-refractivity contribution in [3.05, 3.63) is 29.3 Å². The SMILES string of the molecule is C[C@@H](NC(=O)CN1CCN(S(=O)(=O)c2ccc3c(c2)CCC3)CC1)C1CC1. The van der Waals surface area contributed by atoms with Crippen LogP contribution >= 0.6 is 0 Å². The molecule has 148 valence electrons. The number of benzene rings is 1. The molecule has 1 heterocycles. The van der Waals surface area contributed by atoms with Gasteiger partial charge in [-0.3, -0.25) is 9.69 Å². The van der Waals surface area contributed by atoms with Crippen LogP contribution in [-0.4, -0.2) is 62.3 Å². The van der Waals surface area contributed by atoms with Crippen LogP contribution in [0.4, 0.5) is 0 Å². The van der Waals surface area contributed by atoms with Crippen LogP contribution in [0.5, 0.6) is 0 Å². The fourth-order valence-electron chi connectivity index (χ4n) is 4.20. The van der Waals surface area contributed by atoms with Gasteiger partial charge < -0.3 is 5.32 Å². The van der Waals surface area contributed by atoms with E-state index in [1.165, 1.54) is 24.0 Å². The molecular weight excluding hydrogens is 362 g/mol. The number of nitrogens with one attached hydrogen (secondary N) is 1. The quantitative estimate of drug-likeness (QED) is 0.796. The van der Waals surface area contributed by atoms with E-state index in [1.54, 1.807) is 10.4 Å². The number of hydrogen-bond donors (Lipinski definition) is 1. The van der Waals surface area contributed by atoms with Gasteiger partial charge in [0.25, 0.3) is 0 Å². The van der Waals surface area contributed by atoms with E-state index in [0.717, 1.165) is 19.3 Å². The van der Waals surface area contributed by atoms with Gasteiger partial charge in [0.05, 0.1) is 11.4 Å².